The Morgan fingerprint density at radius 1 is 1.09 bits per heavy atom. The van der Waals surface area contributed by atoms with Crippen LogP contribution >= 0.6 is 0 Å². The molecule has 23 heavy (non-hydrogen) atoms. The van der Waals surface area contributed by atoms with E-state index in [1.54, 1.807) is 24.3 Å². The van der Waals surface area contributed by atoms with Crippen molar-refractivity contribution < 1.29 is 18.4 Å². The van der Waals surface area contributed by atoms with Gasteiger partial charge in [0.1, 0.15) is 23.7 Å². The first-order chi connectivity index (χ1) is 11.1. The Kier molecular flexibility index (Phi) is 3.80. The molecular weight excluding hydrogens is 299 g/mol. The highest BCUT2D eigenvalue weighted by atomic mass is 19.1. The van der Waals surface area contributed by atoms with Crippen LogP contribution < -0.4 is 11.1 Å². The molecule has 3 aromatic rings. The summed E-state index contributed by atoms with van der Waals surface area (Å²) in [6, 6.07) is 11.2. The summed E-state index contributed by atoms with van der Waals surface area (Å²) >= 11 is 0. The monoisotopic (exact) mass is 312 g/mol. The van der Waals surface area contributed by atoms with Crippen LogP contribution in [0.5, 0.6) is 0 Å². The maximum atomic E-state index is 13.0. The zero-order valence-corrected chi connectivity index (χ0v) is 12.0. The molecule has 0 aliphatic rings. The molecule has 1 atom stereocenters. The van der Waals surface area contributed by atoms with Crippen LogP contribution in [0.4, 0.5) is 4.39 Å². The number of amides is 2. The van der Waals surface area contributed by atoms with Crippen molar-refractivity contribution in [1.82, 2.24) is 5.32 Å². The second-order valence-electron chi connectivity index (χ2n) is 5.01. The summed E-state index contributed by atoms with van der Waals surface area (Å²) in [5.41, 5.74) is 6.62. The summed E-state index contributed by atoms with van der Waals surface area (Å²) < 4.78 is 18.3. The van der Waals surface area contributed by atoms with Crippen LogP contribution in [0.25, 0.3) is 11.0 Å². The molecule has 0 fully saturated rings. The van der Waals surface area contributed by atoms with Crippen molar-refractivity contribution in [1.29, 1.82) is 0 Å². The van der Waals surface area contributed by atoms with Crippen LogP contribution in [0.3, 0.4) is 0 Å². The topological polar surface area (TPSA) is 85.3 Å². The van der Waals surface area contributed by atoms with Gasteiger partial charge in [0.15, 0.2) is 0 Å². The Morgan fingerprint density at radius 2 is 1.78 bits per heavy atom. The Balaban J connectivity index is 1.89. The summed E-state index contributed by atoms with van der Waals surface area (Å²) in [7, 11) is 0. The molecule has 2 aromatic carbocycles. The highest BCUT2D eigenvalue weighted by molar-refractivity contribution is 6.07. The molecule has 1 heterocycles. The van der Waals surface area contributed by atoms with Gasteiger partial charge in [-0.2, -0.15) is 0 Å². The van der Waals surface area contributed by atoms with E-state index in [0.29, 0.717) is 22.1 Å². The van der Waals surface area contributed by atoms with Crippen LogP contribution in [0.1, 0.15) is 22.0 Å². The summed E-state index contributed by atoms with van der Waals surface area (Å²) in [6.45, 7) is 0. The first-order valence-corrected chi connectivity index (χ1v) is 6.88. The lowest BCUT2D eigenvalue weighted by atomic mass is 10.1. The number of rotatable bonds is 4. The highest BCUT2D eigenvalue weighted by Gasteiger charge is 2.23. The molecule has 116 valence electrons. The van der Waals surface area contributed by atoms with E-state index in [9.17, 15) is 14.0 Å². The minimum atomic E-state index is -1.06. The molecule has 0 spiro atoms. The summed E-state index contributed by atoms with van der Waals surface area (Å²) in [6.07, 6.45) is 1.32. The molecule has 3 N–H and O–H groups in total. The van der Waals surface area contributed by atoms with Crippen molar-refractivity contribution in [3.8, 4) is 0 Å². The highest BCUT2D eigenvalue weighted by Crippen LogP contribution is 2.22. The first-order valence-electron chi connectivity index (χ1n) is 6.88. The predicted molar refractivity (Wildman–Crippen MR) is 82.0 cm³/mol. The number of para-hydroxylation sites is 1. The van der Waals surface area contributed by atoms with Crippen molar-refractivity contribution in [2.24, 2.45) is 5.73 Å². The number of hydrogen-bond acceptors (Lipinski definition) is 3. The molecule has 2 amide bonds. The van der Waals surface area contributed by atoms with Gasteiger partial charge in [0.05, 0.1) is 5.56 Å². The summed E-state index contributed by atoms with van der Waals surface area (Å²) in [5, 5.41) is 3.18. The molecule has 0 bridgehead atoms. The molecule has 0 aliphatic heterocycles. The molecule has 3 rings (SSSR count). The standard InChI is InChI=1S/C17H13FN2O3/c18-11-7-5-10(6-8-11)15(16(19)21)20-17(22)13-9-23-14-4-2-1-3-12(13)14/h1-9,15H,(H2,19,21)(H,20,22)/t15-/m0/s1. The van der Waals surface area contributed by atoms with Crippen LogP contribution in [0.15, 0.2) is 59.2 Å². The molecule has 0 radical (unpaired) electrons. The number of hydrogen-bond donors (Lipinski definition) is 2. The van der Waals surface area contributed by atoms with Crippen LogP contribution in [0, 0.1) is 5.82 Å². The van der Waals surface area contributed by atoms with E-state index in [4.69, 9.17) is 10.2 Å². The van der Waals surface area contributed by atoms with Gasteiger partial charge >= 0.3 is 0 Å². The second-order valence-corrected chi connectivity index (χ2v) is 5.01. The van der Waals surface area contributed by atoms with E-state index < -0.39 is 23.7 Å². The number of carbonyl (C=O) groups excluding carboxylic acids is 2. The van der Waals surface area contributed by atoms with Gasteiger partial charge in [0.25, 0.3) is 5.91 Å². The van der Waals surface area contributed by atoms with E-state index in [1.165, 1.54) is 30.5 Å². The fraction of sp³-hybridized carbons (Fsp3) is 0.0588. The Hall–Kier alpha value is -3.15. The Bertz CT molecular complexity index is 871. The molecule has 6 heteroatoms. The summed E-state index contributed by atoms with van der Waals surface area (Å²) in [5.74, 6) is -1.68. The third kappa shape index (κ3) is 2.91. The van der Waals surface area contributed by atoms with Crippen molar-refractivity contribution in [3.05, 3.63) is 71.7 Å². The van der Waals surface area contributed by atoms with Gasteiger partial charge in [-0.3, -0.25) is 9.59 Å². The predicted octanol–water partition coefficient (Wildman–Crippen LogP) is 2.53. The number of primary amides is 1. The smallest absolute Gasteiger partial charge is 0.256 e. The van der Waals surface area contributed by atoms with E-state index in [2.05, 4.69) is 5.32 Å². The van der Waals surface area contributed by atoms with Crippen molar-refractivity contribution in [3.63, 3.8) is 0 Å². The first kappa shape index (κ1) is 14.8. The largest absolute Gasteiger partial charge is 0.463 e. The summed E-state index contributed by atoms with van der Waals surface area (Å²) in [4.78, 5) is 24.1. The maximum absolute atomic E-state index is 13.0. The second kappa shape index (κ2) is 5.92. The normalized spacial score (nSPS) is 12.0. The quantitative estimate of drug-likeness (QED) is 0.776. The van der Waals surface area contributed by atoms with Gasteiger partial charge in [-0.05, 0) is 23.8 Å². The van der Waals surface area contributed by atoms with Crippen LogP contribution in [-0.4, -0.2) is 11.8 Å². The van der Waals surface area contributed by atoms with Crippen molar-refractivity contribution in [2.75, 3.05) is 0 Å². The van der Waals surface area contributed by atoms with Gasteiger partial charge in [0, 0.05) is 5.39 Å². The maximum Gasteiger partial charge on any atom is 0.256 e. The zero-order valence-electron chi connectivity index (χ0n) is 12.0. The molecule has 0 saturated carbocycles. The lowest BCUT2D eigenvalue weighted by molar-refractivity contribution is -0.120. The molecule has 0 saturated heterocycles. The van der Waals surface area contributed by atoms with Gasteiger partial charge < -0.3 is 15.5 Å². The number of benzene rings is 2. The number of nitrogens with one attached hydrogen (secondary N) is 1. The number of fused-ring (bicyclic) bond motifs is 1. The van der Waals surface area contributed by atoms with Crippen LogP contribution in [-0.2, 0) is 4.79 Å². The van der Waals surface area contributed by atoms with Crippen molar-refractivity contribution in [2.45, 2.75) is 6.04 Å². The minimum Gasteiger partial charge on any atom is -0.463 e. The fourth-order valence-corrected chi connectivity index (χ4v) is 2.34. The number of carbonyl (C=O) groups is 2. The molecule has 0 aliphatic carbocycles. The fourth-order valence-electron chi connectivity index (χ4n) is 2.34. The van der Waals surface area contributed by atoms with E-state index in [0.717, 1.165) is 0 Å². The minimum absolute atomic E-state index is 0.300. The molecule has 1 aromatic heterocycles. The zero-order chi connectivity index (χ0) is 16.4. The average molecular weight is 312 g/mol. The van der Waals surface area contributed by atoms with Gasteiger partial charge in [-0.25, -0.2) is 4.39 Å². The lowest BCUT2D eigenvalue weighted by Gasteiger charge is -2.15. The van der Waals surface area contributed by atoms with E-state index >= 15 is 0 Å². The third-order valence-corrected chi connectivity index (χ3v) is 3.49. The molecule has 5 nitrogen and oxygen atoms in total. The Morgan fingerprint density at radius 3 is 2.48 bits per heavy atom. The third-order valence-electron chi connectivity index (χ3n) is 3.49. The number of nitrogens with two attached hydrogens (primary N) is 1. The average Bonchev–Trinajstić information content (AvgIpc) is 2.97. The molecular formula is C17H13FN2O3. The van der Waals surface area contributed by atoms with Gasteiger partial charge in [-0.1, -0.05) is 30.3 Å². The van der Waals surface area contributed by atoms with Crippen molar-refractivity contribution >= 4 is 22.8 Å². The number of furan rings is 1. The van der Waals surface area contributed by atoms with E-state index in [1.807, 2.05) is 0 Å². The SMILES string of the molecule is NC(=O)[C@@H](NC(=O)c1coc2ccccc12)c1ccc(F)cc1. The molecule has 0 unspecified atom stereocenters. The van der Waals surface area contributed by atoms with Crippen LogP contribution in [0.2, 0.25) is 0 Å². The van der Waals surface area contributed by atoms with Gasteiger partial charge in [0.2, 0.25) is 5.91 Å². The van der Waals surface area contributed by atoms with E-state index in [-0.39, 0.29) is 0 Å². The van der Waals surface area contributed by atoms with Gasteiger partial charge in [-0.15, -0.1) is 0 Å². The lowest BCUT2D eigenvalue weighted by Crippen LogP contribution is -2.37. The Labute approximate surface area is 130 Å². The number of halogens is 1.